The number of aromatic nitrogens is 4. The van der Waals surface area contributed by atoms with E-state index in [2.05, 4.69) is 80.2 Å². The molecule has 7 nitrogen and oxygen atoms in total. The molecule has 3 heterocycles. The van der Waals surface area contributed by atoms with Crippen molar-refractivity contribution < 1.29 is 9.66 Å². The Bertz CT molecular complexity index is 695. The summed E-state index contributed by atoms with van der Waals surface area (Å²) in [7, 11) is 1.75. The Labute approximate surface area is 172 Å². The van der Waals surface area contributed by atoms with Crippen molar-refractivity contribution in [1.29, 1.82) is 5.26 Å². The van der Waals surface area contributed by atoms with Crippen LogP contribution in [0, 0.1) is 11.3 Å². The van der Waals surface area contributed by atoms with Crippen LogP contribution in [0.2, 0.25) is 0 Å². The van der Waals surface area contributed by atoms with Crippen molar-refractivity contribution in [2.75, 3.05) is 19.0 Å². The second-order valence-electron chi connectivity index (χ2n) is 4.59. The molecular weight excluding hydrogens is 676 g/mol. The molecule has 1 aliphatic rings. The quantitative estimate of drug-likeness (QED) is 0.479. The molecule has 0 bridgehead atoms. The van der Waals surface area contributed by atoms with E-state index in [0.29, 0.717) is 17.0 Å². The Balaban J connectivity index is 0.000000433. The van der Waals surface area contributed by atoms with Gasteiger partial charge in [-0.15, -0.1) is 0 Å². The molecule has 1 fully saturated rings. The van der Waals surface area contributed by atoms with Gasteiger partial charge in [0, 0.05) is 13.7 Å². The van der Waals surface area contributed by atoms with Gasteiger partial charge < -0.3 is 10.1 Å². The number of halogens is 3. The van der Waals surface area contributed by atoms with Crippen molar-refractivity contribution in [1.82, 2.24) is 19.5 Å². The minimum atomic E-state index is -0.278. The summed E-state index contributed by atoms with van der Waals surface area (Å²) in [6, 6.07) is 1.97. The van der Waals surface area contributed by atoms with Crippen LogP contribution in [0.4, 0.5) is 5.82 Å². The van der Waals surface area contributed by atoms with E-state index in [1.54, 1.807) is 13.4 Å². The molecule has 2 aromatic rings. The van der Waals surface area contributed by atoms with Gasteiger partial charge in [-0.1, -0.05) is 0 Å². The van der Waals surface area contributed by atoms with E-state index in [1.807, 2.05) is 10.6 Å². The van der Waals surface area contributed by atoms with E-state index < -0.39 is 0 Å². The summed E-state index contributed by atoms with van der Waals surface area (Å²) >= 11 is 7.39. The molecule has 0 radical (unpaired) electrons. The van der Waals surface area contributed by atoms with Gasteiger partial charge >= 0.3 is 64.9 Å². The summed E-state index contributed by atoms with van der Waals surface area (Å²) in [6.45, 7) is 0.749. The molecule has 2 aromatic heterocycles. The molecule has 0 aliphatic carbocycles. The van der Waals surface area contributed by atoms with E-state index in [9.17, 15) is 0 Å². The standard InChI is InChI=1S/C12H14N6O.3HI.V/c1-14-11-10-12(17-8(6-13)16-11)18(7-15-10)9-4-2-3-5-19-9;;;;/h7,9H,2-5H2,1H3,(H,14,16,17);3*1H;/q;;;;+3/p-3. The molecule has 0 amide bonds. The van der Waals surface area contributed by atoms with Crippen molar-refractivity contribution >= 4 is 76.9 Å². The van der Waals surface area contributed by atoms with Gasteiger partial charge in [0.05, 0.1) is 6.33 Å². The van der Waals surface area contributed by atoms with Gasteiger partial charge in [-0.2, -0.15) is 15.2 Å². The summed E-state index contributed by atoms with van der Waals surface area (Å²) in [4.78, 5) is 12.4. The first-order chi connectivity index (χ1) is 11.1. The zero-order chi connectivity index (χ0) is 16.8. The number of imidazole rings is 1. The third-order valence-electron chi connectivity index (χ3n) is 3.22. The maximum atomic E-state index is 8.99. The van der Waals surface area contributed by atoms with Crippen LogP contribution in [0.25, 0.3) is 11.2 Å². The Morgan fingerprint density at radius 2 is 2.13 bits per heavy atom. The first-order valence-corrected chi connectivity index (χ1v) is 20.3. The predicted molar refractivity (Wildman–Crippen MR) is 110 cm³/mol. The molecule has 3 rings (SSSR count). The molecule has 1 unspecified atom stereocenters. The number of nitriles is 1. The van der Waals surface area contributed by atoms with Crippen molar-refractivity contribution in [3.63, 3.8) is 0 Å². The zero-order valence-electron chi connectivity index (χ0n) is 12.2. The molecule has 1 saturated heterocycles. The fraction of sp³-hybridized carbons (Fsp3) is 0.500. The van der Waals surface area contributed by atoms with Gasteiger partial charge in [0.1, 0.15) is 12.3 Å². The van der Waals surface area contributed by atoms with Crippen LogP contribution in [-0.2, 0) is 9.66 Å². The molecule has 11 heteroatoms. The summed E-state index contributed by atoms with van der Waals surface area (Å²) < 4.78 is 7.62. The molecule has 0 spiro atoms. The van der Waals surface area contributed by atoms with Crippen LogP contribution in [0.5, 0.6) is 0 Å². The molecule has 0 saturated carbocycles. The van der Waals surface area contributed by atoms with Gasteiger partial charge in [0.25, 0.3) is 0 Å². The van der Waals surface area contributed by atoms with Gasteiger partial charge in [0.15, 0.2) is 17.0 Å². The van der Waals surface area contributed by atoms with Crippen LogP contribution in [0.1, 0.15) is 31.3 Å². The van der Waals surface area contributed by atoms with E-state index in [-0.39, 0.29) is 17.0 Å². The fourth-order valence-corrected chi connectivity index (χ4v) is 2.29. The van der Waals surface area contributed by atoms with Gasteiger partial charge in [-0.25, -0.2) is 4.98 Å². The Morgan fingerprint density at radius 1 is 1.39 bits per heavy atom. The van der Waals surface area contributed by atoms with E-state index in [0.717, 1.165) is 25.9 Å². The number of anilines is 1. The number of nitrogens with zero attached hydrogens (tertiary/aromatic N) is 5. The topological polar surface area (TPSA) is 88.7 Å². The second-order valence-corrected chi connectivity index (χ2v) is 40.0. The van der Waals surface area contributed by atoms with Crippen LogP contribution >= 0.6 is 59.9 Å². The average molecular weight is 690 g/mol. The maximum absolute atomic E-state index is 8.99. The minimum absolute atomic E-state index is 0.0510. The van der Waals surface area contributed by atoms with Crippen molar-refractivity contribution in [2.24, 2.45) is 0 Å². The van der Waals surface area contributed by atoms with Crippen LogP contribution < -0.4 is 5.32 Å². The summed E-state index contributed by atoms with van der Waals surface area (Å²) in [5.74, 6) is 0.700. The first kappa shape index (κ1) is 19.9. The predicted octanol–water partition coefficient (Wildman–Crippen LogP) is 4.09. The number of fused-ring (bicyclic) bond motifs is 1. The van der Waals surface area contributed by atoms with Crippen LogP contribution in [0.15, 0.2) is 6.33 Å². The number of nitrogens with one attached hydrogen (secondary N) is 1. The van der Waals surface area contributed by atoms with Crippen LogP contribution in [0.3, 0.4) is 0 Å². The normalized spacial score (nSPS) is 17.5. The van der Waals surface area contributed by atoms with E-state index >= 15 is 0 Å². The molecule has 1 aliphatic heterocycles. The van der Waals surface area contributed by atoms with Crippen LogP contribution in [-0.4, -0.2) is 33.2 Å². The first-order valence-electron chi connectivity index (χ1n) is 6.78. The van der Waals surface area contributed by atoms with Gasteiger partial charge in [-0.05, 0) is 19.3 Å². The Kier molecular flexibility index (Phi) is 8.56. The average Bonchev–Trinajstić information content (AvgIpc) is 2.98. The van der Waals surface area contributed by atoms with E-state index in [1.165, 1.54) is 0 Å². The third-order valence-corrected chi connectivity index (χ3v) is 3.22. The zero-order valence-corrected chi connectivity index (χ0v) is 20.1. The molecule has 1 N–H and O–H groups in total. The molecule has 1 atom stereocenters. The fourth-order valence-electron chi connectivity index (χ4n) is 2.29. The second kappa shape index (κ2) is 9.90. The SMILES string of the molecule is CNc1nc(C#N)nc2c1ncn2C1CCCCO1.[I][V]([I])[I]. The third kappa shape index (κ3) is 5.53. The Hall–Kier alpha value is 0.574. The number of hydrogen-bond donors (Lipinski definition) is 1. The molecule has 23 heavy (non-hydrogen) atoms. The van der Waals surface area contributed by atoms with Crippen molar-refractivity contribution in [3.8, 4) is 6.07 Å². The van der Waals surface area contributed by atoms with Crippen molar-refractivity contribution in [3.05, 3.63) is 12.2 Å². The van der Waals surface area contributed by atoms with Gasteiger partial charge in [-0.3, -0.25) is 4.57 Å². The number of hydrogen-bond acceptors (Lipinski definition) is 6. The molecular formula is C12H14I3N6OV. The van der Waals surface area contributed by atoms with E-state index in [4.69, 9.17) is 10.00 Å². The number of rotatable bonds is 2. The Morgan fingerprint density at radius 3 is 2.70 bits per heavy atom. The monoisotopic (exact) mass is 690 g/mol. The molecule has 0 aromatic carbocycles. The summed E-state index contributed by atoms with van der Waals surface area (Å²) in [5, 5.41) is 11.9. The van der Waals surface area contributed by atoms with Crippen molar-refractivity contribution in [2.45, 2.75) is 25.5 Å². The number of ether oxygens (including phenoxy) is 1. The summed E-state index contributed by atoms with van der Waals surface area (Å²) in [5.41, 5.74) is 1.30. The molecule has 124 valence electrons. The summed E-state index contributed by atoms with van der Waals surface area (Å²) in [6.07, 6.45) is 4.80. The van der Waals surface area contributed by atoms with Gasteiger partial charge in [0.2, 0.25) is 5.82 Å².